The van der Waals surface area contributed by atoms with Crippen LogP contribution in [0.15, 0.2) is 48.1 Å². The topological polar surface area (TPSA) is 3.24 Å². The predicted molar refractivity (Wildman–Crippen MR) is 130 cm³/mol. The molecule has 1 saturated carbocycles. The number of rotatable bonds is 7. The van der Waals surface area contributed by atoms with Crippen molar-refractivity contribution in [1.29, 1.82) is 0 Å². The van der Waals surface area contributed by atoms with E-state index >= 15 is 0 Å². The van der Waals surface area contributed by atoms with Crippen LogP contribution >= 0.6 is 0 Å². The van der Waals surface area contributed by atoms with Gasteiger partial charge in [0.05, 0.1) is 25.7 Å². The summed E-state index contributed by atoms with van der Waals surface area (Å²) in [7, 11) is 0. The molecule has 0 radical (unpaired) electrons. The molecule has 2 nitrogen and oxygen atoms in total. The van der Waals surface area contributed by atoms with Crippen molar-refractivity contribution in [3.8, 4) is 0 Å². The number of likely N-dealkylation sites (tertiary alicyclic amines) is 1. The van der Waals surface area contributed by atoms with Crippen LogP contribution in [0, 0.1) is 18.8 Å². The molecule has 0 bridgehead atoms. The molecule has 4 rings (SSSR count). The van der Waals surface area contributed by atoms with Gasteiger partial charge in [-0.1, -0.05) is 48.9 Å². The highest BCUT2D eigenvalue weighted by atomic mass is 15.4. The Morgan fingerprint density at radius 3 is 2.63 bits per heavy atom. The molecule has 0 aromatic heterocycles. The fourth-order valence-corrected chi connectivity index (χ4v) is 6.83. The van der Waals surface area contributed by atoms with Crippen molar-refractivity contribution in [1.82, 2.24) is 0 Å². The first kappa shape index (κ1) is 21.7. The van der Waals surface area contributed by atoms with Crippen LogP contribution in [0.1, 0.15) is 64.9 Å². The zero-order valence-corrected chi connectivity index (χ0v) is 19.8. The first-order valence-electron chi connectivity index (χ1n) is 12.6. The number of aryl methyl sites for hydroxylation is 1. The number of anilines is 1. The maximum absolute atomic E-state index is 2.82. The molecular formula is C28H43N2+. The number of hydrogen-bond donors (Lipinski definition) is 0. The summed E-state index contributed by atoms with van der Waals surface area (Å²) in [4.78, 5) is 2.82. The Labute approximate surface area is 185 Å². The Kier molecular flexibility index (Phi) is 6.72. The minimum atomic E-state index is 0.651. The summed E-state index contributed by atoms with van der Waals surface area (Å²) in [6.45, 7) is 14.7. The summed E-state index contributed by atoms with van der Waals surface area (Å²) >= 11 is 0. The molecule has 2 heteroatoms. The maximum Gasteiger partial charge on any atom is 0.0907 e. The van der Waals surface area contributed by atoms with Crippen LogP contribution in [0.4, 0.5) is 5.69 Å². The van der Waals surface area contributed by atoms with E-state index < -0.39 is 0 Å². The van der Waals surface area contributed by atoms with E-state index in [-0.39, 0.29) is 0 Å². The van der Waals surface area contributed by atoms with Gasteiger partial charge in [0.15, 0.2) is 0 Å². The van der Waals surface area contributed by atoms with E-state index in [4.69, 9.17) is 0 Å². The highest BCUT2D eigenvalue weighted by Crippen LogP contribution is 2.43. The minimum absolute atomic E-state index is 0.651. The molecule has 1 aromatic carbocycles. The second kappa shape index (κ2) is 9.30. The van der Waals surface area contributed by atoms with Gasteiger partial charge in [-0.2, -0.15) is 0 Å². The number of para-hydroxylation sites is 1. The molecule has 1 aliphatic heterocycles. The van der Waals surface area contributed by atoms with Gasteiger partial charge in [-0.3, -0.25) is 0 Å². The Balaban J connectivity index is 1.55. The lowest BCUT2D eigenvalue weighted by atomic mass is 9.85. The number of allylic oxidation sites excluding steroid dienone is 3. The number of piperidine rings is 1. The van der Waals surface area contributed by atoms with Crippen molar-refractivity contribution in [2.45, 2.75) is 78.3 Å². The van der Waals surface area contributed by atoms with E-state index in [0.717, 1.165) is 12.0 Å². The number of quaternary nitrogens is 1. The number of nitrogens with zero attached hydrogens (tertiary/aromatic N) is 2. The lowest BCUT2D eigenvalue weighted by molar-refractivity contribution is -0.953. The largest absolute Gasteiger partial charge is 0.368 e. The maximum atomic E-state index is 2.82. The summed E-state index contributed by atoms with van der Waals surface area (Å²) < 4.78 is 1.35. The lowest BCUT2D eigenvalue weighted by Gasteiger charge is -2.47. The minimum Gasteiger partial charge on any atom is -0.368 e. The van der Waals surface area contributed by atoms with E-state index in [1.165, 1.54) is 80.4 Å². The second-order valence-electron chi connectivity index (χ2n) is 10.2. The quantitative estimate of drug-likeness (QED) is 0.466. The first-order chi connectivity index (χ1) is 14.6. The van der Waals surface area contributed by atoms with Gasteiger partial charge in [-0.25, -0.2) is 0 Å². The van der Waals surface area contributed by atoms with Gasteiger partial charge in [0, 0.05) is 24.7 Å². The number of benzene rings is 1. The third-order valence-electron chi connectivity index (χ3n) is 8.83. The SMILES string of the molecule is CC[N+]1(CC)CCCCC1CCN(c1ccccc1C)C1CC2=CC=CC(C)C2C1. The van der Waals surface area contributed by atoms with E-state index in [9.17, 15) is 0 Å². The van der Waals surface area contributed by atoms with E-state index in [1.807, 2.05) is 0 Å². The van der Waals surface area contributed by atoms with Crippen molar-refractivity contribution in [2.75, 3.05) is 31.1 Å². The molecule has 3 aliphatic rings. The van der Waals surface area contributed by atoms with E-state index in [1.54, 1.807) is 5.57 Å². The van der Waals surface area contributed by atoms with Crippen molar-refractivity contribution in [3.63, 3.8) is 0 Å². The van der Waals surface area contributed by atoms with Crippen LogP contribution in [0.25, 0.3) is 0 Å². The monoisotopic (exact) mass is 407 g/mol. The molecule has 30 heavy (non-hydrogen) atoms. The van der Waals surface area contributed by atoms with Crippen molar-refractivity contribution in [2.24, 2.45) is 11.8 Å². The third-order valence-corrected chi connectivity index (χ3v) is 8.83. The molecule has 0 amide bonds. The van der Waals surface area contributed by atoms with Crippen LogP contribution in [-0.2, 0) is 0 Å². The van der Waals surface area contributed by atoms with Crippen molar-refractivity contribution >= 4 is 5.69 Å². The average Bonchev–Trinajstić information content (AvgIpc) is 3.21. The number of hydrogen-bond acceptors (Lipinski definition) is 1. The second-order valence-corrected chi connectivity index (χ2v) is 10.2. The van der Waals surface area contributed by atoms with Crippen molar-refractivity contribution in [3.05, 3.63) is 53.6 Å². The summed E-state index contributed by atoms with van der Waals surface area (Å²) in [6.07, 6.45) is 15.3. The standard InChI is InChI=1S/C28H43N2/c1-5-30(6-2)19-10-9-15-26(30)17-18-29(28-16-8-7-12-23(28)4)25-20-24-14-11-13-22(3)27(24)21-25/h7-8,11-14,16,22,25-27H,5-6,9-10,15,17-21H2,1-4H3/q+1. The zero-order valence-electron chi connectivity index (χ0n) is 19.8. The van der Waals surface area contributed by atoms with Gasteiger partial charge >= 0.3 is 0 Å². The molecule has 0 N–H and O–H groups in total. The molecule has 4 atom stereocenters. The van der Waals surface area contributed by atoms with Crippen LogP contribution in [0.3, 0.4) is 0 Å². The smallest absolute Gasteiger partial charge is 0.0907 e. The van der Waals surface area contributed by atoms with Gasteiger partial charge in [-0.05, 0) is 76.3 Å². The van der Waals surface area contributed by atoms with Gasteiger partial charge < -0.3 is 9.38 Å². The lowest BCUT2D eigenvalue weighted by Crippen LogP contribution is -2.58. The van der Waals surface area contributed by atoms with Crippen LogP contribution < -0.4 is 4.90 Å². The van der Waals surface area contributed by atoms with Gasteiger partial charge in [0.2, 0.25) is 0 Å². The Hall–Kier alpha value is -1.54. The van der Waals surface area contributed by atoms with Gasteiger partial charge in [0.25, 0.3) is 0 Å². The molecule has 1 saturated heterocycles. The fraction of sp³-hybridized carbons (Fsp3) is 0.643. The average molecular weight is 408 g/mol. The fourth-order valence-electron chi connectivity index (χ4n) is 6.83. The van der Waals surface area contributed by atoms with E-state index in [0.29, 0.717) is 12.0 Å². The third kappa shape index (κ3) is 4.13. The zero-order chi connectivity index (χ0) is 21.1. The molecular weight excluding hydrogens is 364 g/mol. The van der Waals surface area contributed by atoms with Gasteiger partial charge in [0.1, 0.15) is 0 Å². The summed E-state index contributed by atoms with van der Waals surface area (Å²) in [5, 5.41) is 0. The first-order valence-corrected chi connectivity index (χ1v) is 12.6. The van der Waals surface area contributed by atoms with Crippen molar-refractivity contribution < 1.29 is 4.48 Å². The van der Waals surface area contributed by atoms with Crippen LogP contribution in [-0.4, -0.2) is 42.7 Å². The molecule has 0 spiro atoms. The van der Waals surface area contributed by atoms with Crippen LogP contribution in [0.2, 0.25) is 0 Å². The molecule has 164 valence electrons. The molecule has 2 aliphatic carbocycles. The molecule has 1 aromatic rings. The number of fused-ring (bicyclic) bond motifs is 1. The highest BCUT2D eigenvalue weighted by Gasteiger charge is 2.39. The Morgan fingerprint density at radius 1 is 1.10 bits per heavy atom. The summed E-state index contributed by atoms with van der Waals surface area (Å²) in [5.41, 5.74) is 4.60. The molecule has 2 fully saturated rings. The summed E-state index contributed by atoms with van der Waals surface area (Å²) in [6, 6.07) is 10.6. The van der Waals surface area contributed by atoms with E-state index in [2.05, 4.69) is 75.1 Å². The Morgan fingerprint density at radius 2 is 1.90 bits per heavy atom. The normalized spacial score (nSPS) is 30.1. The highest BCUT2D eigenvalue weighted by molar-refractivity contribution is 5.54. The molecule has 4 unspecified atom stereocenters. The Bertz CT molecular complexity index is 773. The molecule has 1 heterocycles. The van der Waals surface area contributed by atoms with Crippen LogP contribution in [0.5, 0.6) is 0 Å². The summed E-state index contributed by atoms with van der Waals surface area (Å²) in [5.74, 6) is 1.44. The predicted octanol–water partition coefficient (Wildman–Crippen LogP) is 6.51. The van der Waals surface area contributed by atoms with Gasteiger partial charge in [-0.15, -0.1) is 0 Å².